The van der Waals surface area contributed by atoms with Gasteiger partial charge >= 0.3 is 5.97 Å². The predicted octanol–water partition coefficient (Wildman–Crippen LogP) is 2.57. The minimum atomic E-state index is -3.47. The van der Waals surface area contributed by atoms with Gasteiger partial charge in [-0.2, -0.15) is 4.31 Å². The minimum absolute atomic E-state index is 0.282. The van der Waals surface area contributed by atoms with Crippen molar-refractivity contribution >= 4 is 38.9 Å². The first-order chi connectivity index (χ1) is 13.4. The van der Waals surface area contributed by atoms with Crippen LogP contribution in [-0.2, 0) is 14.8 Å². The lowest BCUT2D eigenvalue weighted by molar-refractivity contribution is 0.0600. The standard InChI is InChI=1S/C18H21ClN2O5S2/c1-25-18(22)14-2-4-15(5-3-14)26-13-12-20-8-10-21(11-9-20)28(23,24)17-7-6-16(19)27-17/h2-7H,8-13H2,1H3. The van der Waals surface area contributed by atoms with E-state index < -0.39 is 10.0 Å². The van der Waals surface area contributed by atoms with Gasteiger partial charge in [-0.3, -0.25) is 4.90 Å². The second kappa shape index (κ2) is 9.23. The summed E-state index contributed by atoms with van der Waals surface area (Å²) in [6, 6.07) is 9.91. The smallest absolute Gasteiger partial charge is 0.337 e. The second-order valence-corrected chi connectivity index (χ2v) is 10.0. The molecule has 2 heterocycles. The molecule has 0 radical (unpaired) electrons. The third kappa shape index (κ3) is 5.03. The summed E-state index contributed by atoms with van der Waals surface area (Å²) in [6.07, 6.45) is 0. The van der Waals surface area contributed by atoms with Crippen molar-refractivity contribution in [3.8, 4) is 5.75 Å². The van der Waals surface area contributed by atoms with E-state index in [1.54, 1.807) is 36.4 Å². The Morgan fingerprint density at radius 1 is 1.11 bits per heavy atom. The Kier molecular flexibility index (Phi) is 6.95. The lowest BCUT2D eigenvalue weighted by atomic mass is 10.2. The van der Waals surface area contributed by atoms with Crippen LogP contribution in [0.3, 0.4) is 0 Å². The molecule has 1 aromatic carbocycles. The largest absolute Gasteiger partial charge is 0.492 e. The molecule has 3 rings (SSSR count). The summed E-state index contributed by atoms with van der Waals surface area (Å²) in [6.45, 7) is 3.33. The number of nitrogens with zero attached hydrogens (tertiary/aromatic N) is 2. The highest BCUT2D eigenvalue weighted by atomic mass is 35.5. The minimum Gasteiger partial charge on any atom is -0.492 e. The second-order valence-electron chi connectivity index (χ2n) is 6.17. The highest BCUT2D eigenvalue weighted by molar-refractivity contribution is 7.91. The van der Waals surface area contributed by atoms with Gasteiger partial charge in [0.2, 0.25) is 0 Å². The summed E-state index contributed by atoms with van der Waals surface area (Å²) in [5, 5.41) is 0. The molecule has 1 aromatic heterocycles. The number of ether oxygens (including phenoxy) is 2. The third-order valence-corrected chi connectivity index (χ3v) is 8.02. The number of thiophene rings is 1. The number of esters is 1. The van der Waals surface area contributed by atoms with Crippen molar-refractivity contribution in [2.75, 3.05) is 46.4 Å². The number of methoxy groups -OCH3 is 1. The summed E-state index contributed by atoms with van der Waals surface area (Å²) in [5.74, 6) is 0.285. The van der Waals surface area contributed by atoms with Crippen LogP contribution in [0, 0.1) is 0 Å². The molecule has 1 saturated heterocycles. The molecule has 0 saturated carbocycles. The zero-order chi connectivity index (χ0) is 20.1. The van der Waals surface area contributed by atoms with Gasteiger partial charge in [-0.15, -0.1) is 11.3 Å². The Morgan fingerprint density at radius 3 is 2.36 bits per heavy atom. The van der Waals surface area contributed by atoms with E-state index in [1.165, 1.54) is 11.4 Å². The highest BCUT2D eigenvalue weighted by Gasteiger charge is 2.29. The van der Waals surface area contributed by atoms with Crippen molar-refractivity contribution in [2.24, 2.45) is 0 Å². The summed E-state index contributed by atoms with van der Waals surface area (Å²) < 4.78 is 37.8. The maximum atomic E-state index is 12.6. The Morgan fingerprint density at radius 2 is 1.79 bits per heavy atom. The lowest BCUT2D eigenvalue weighted by Gasteiger charge is -2.33. The van der Waals surface area contributed by atoms with Gasteiger partial charge in [0.15, 0.2) is 0 Å². The van der Waals surface area contributed by atoms with Crippen LogP contribution >= 0.6 is 22.9 Å². The average Bonchev–Trinajstić information content (AvgIpc) is 3.15. The summed E-state index contributed by atoms with van der Waals surface area (Å²) >= 11 is 6.94. The van der Waals surface area contributed by atoms with Crippen LogP contribution in [0.4, 0.5) is 0 Å². The number of sulfonamides is 1. The van der Waals surface area contributed by atoms with Crippen molar-refractivity contribution in [3.05, 3.63) is 46.3 Å². The predicted molar refractivity (Wildman–Crippen MR) is 108 cm³/mol. The van der Waals surface area contributed by atoms with Crippen molar-refractivity contribution in [1.82, 2.24) is 9.21 Å². The molecule has 1 fully saturated rings. The number of rotatable bonds is 7. The molecule has 0 N–H and O–H groups in total. The molecular weight excluding hydrogens is 424 g/mol. The van der Waals surface area contributed by atoms with Gasteiger partial charge in [0, 0.05) is 32.7 Å². The molecular formula is C18H21ClN2O5S2. The van der Waals surface area contributed by atoms with Crippen LogP contribution in [-0.4, -0.2) is 70.0 Å². The molecule has 2 aromatic rings. The van der Waals surface area contributed by atoms with Crippen molar-refractivity contribution < 1.29 is 22.7 Å². The molecule has 152 valence electrons. The van der Waals surface area contributed by atoms with Gasteiger partial charge in [0.1, 0.15) is 16.6 Å². The van der Waals surface area contributed by atoms with Crippen LogP contribution in [0.15, 0.2) is 40.6 Å². The third-order valence-electron chi connectivity index (χ3n) is 4.43. The van der Waals surface area contributed by atoms with Gasteiger partial charge in [-0.1, -0.05) is 11.6 Å². The zero-order valence-corrected chi connectivity index (χ0v) is 17.7. The van der Waals surface area contributed by atoms with E-state index in [2.05, 4.69) is 9.64 Å². The maximum Gasteiger partial charge on any atom is 0.337 e. The van der Waals surface area contributed by atoms with E-state index in [0.717, 1.165) is 11.3 Å². The Balaban J connectivity index is 1.44. The summed E-state index contributed by atoms with van der Waals surface area (Å²) in [4.78, 5) is 13.6. The molecule has 28 heavy (non-hydrogen) atoms. The van der Waals surface area contributed by atoms with E-state index in [-0.39, 0.29) is 10.2 Å². The van der Waals surface area contributed by atoms with E-state index in [9.17, 15) is 13.2 Å². The molecule has 0 spiro atoms. The topological polar surface area (TPSA) is 76.2 Å². The van der Waals surface area contributed by atoms with Gasteiger partial charge in [-0.25, -0.2) is 13.2 Å². The normalized spacial score (nSPS) is 16.1. The summed E-state index contributed by atoms with van der Waals surface area (Å²) in [5.41, 5.74) is 0.471. The zero-order valence-electron chi connectivity index (χ0n) is 15.3. The molecule has 0 atom stereocenters. The number of carbonyl (C=O) groups is 1. The average molecular weight is 445 g/mol. The monoisotopic (exact) mass is 444 g/mol. The fraction of sp³-hybridized carbons (Fsp3) is 0.389. The molecule has 7 nitrogen and oxygen atoms in total. The molecule has 10 heteroatoms. The van der Waals surface area contributed by atoms with E-state index in [4.69, 9.17) is 16.3 Å². The lowest BCUT2D eigenvalue weighted by Crippen LogP contribution is -2.49. The Labute approximate surface area is 173 Å². The van der Waals surface area contributed by atoms with Crippen LogP contribution in [0.5, 0.6) is 5.75 Å². The Hall–Kier alpha value is -1.65. The molecule has 1 aliphatic rings. The highest BCUT2D eigenvalue weighted by Crippen LogP contribution is 2.28. The number of benzene rings is 1. The first-order valence-electron chi connectivity index (χ1n) is 8.69. The van der Waals surface area contributed by atoms with Gasteiger partial charge in [-0.05, 0) is 36.4 Å². The number of hydrogen-bond donors (Lipinski definition) is 0. The van der Waals surface area contributed by atoms with Gasteiger partial charge in [0.05, 0.1) is 17.0 Å². The van der Waals surface area contributed by atoms with Crippen LogP contribution in [0.25, 0.3) is 0 Å². The first-order valence-corrected chi connectivity index (χ1v) is 11.3. The number of carbonyl (C=O) groups excluding carboxylic acids is 1. The van der Waals surface area contributed by atoms with Gasteiger partial charge in [0.25, 0.3) is 10.0 Å². The van der Waals surface area contributed by atoms with E-state index in [0.29, 0.717) is 55.0 Å². The fourth-order valence-corrected chi connectivity index (χ4v) is 5.91. The molecule has 1 aliphatic heterocycles. The first kappa shape index (κ1) is 21.1. The number of piperazine rings is 1. The Bertz CT molecular complexity index is 906. The van der Waals surface area contributed by atoms with E-state index in [1.807, 2.05) is 0 Å². The van der Waals surface area contributed by atoms with Crippen LogP contribution in [0.2, 0.25) is 4.34 Å². The van der Waals surface area contributed by atoms with Crippen molar-refractivity contribution in [2.45, 2.75) is 4.21 Å². The van der Waals surface area contributed by atoms with E-state index >= 15 is 0 Å². The van der Waals surface area contributed by atoms with Crippen LogP contribution < -0.4 is 4.74 Å². The molecule has 0 unspecified atom stereocenters. The maximum absolute atomic E-state index is 12.6. The van der Waals surface area contributed by atoms with Gasteiger partial charge < -0.3 is 9.47 Å². The van der Waals surface area contributed by atoms with Crippen LogP contribution in [0.1, 0.15) is 10.4 Å². The molecule has 0 bridgehead atoms. The SMILES string of the molecule is COC(=O)c1ccc(OCCN2CCN(S(=O)(=O)c3ccc(Cl)s3)CC2)cc1. The number of hydrogen-bond acceptors (Lipinski definition) is 7. The summed E-state index contributed by atoms with van der Waals surface area (Å²) in [7, 11) is -2.13. The number of halogens is 1. The quantitative estimate of drug-likeness (QED) is 0.611. The fourth-order valence-electron chi connectivity index (χ4n) is 2.85. The molecule has 0 amide bonds. The van der Waals surface area contributed by atoms with Crippen molar-refractivity contribution in [3.63, 3.8) is 0 Å². The molecule has 0 aliphatic carbocycles. The van der Waals surface area contributed by atoms with Crippen molar-refractivity contribution in [1.29, 1.82) is 0 Å².